The number of fused-ring (bicyclic) bond motifs is 2. The number of rotatable bonds is 4. The van der Waals surface area contributed by atoms with Gasteiger partial charge in [-0.3, -0.25) is 9.69 Å². The molecule has 5 rings (SSSR count). The lowest BCUT2D eigenvalue weighted by atomic mass is 10.1. The van der Waals surface area contributed by atoms with Gasteiger partial charge in [0.2, 0.25) is 0 Å². The molecule has 2 aromatic carbocycles. The molecular weight excluding hydrogens is 396 g/mol. The fourth-order valence-electron chi connectivity index (χ4n) is 4.22. The first-order chi connectivity index (χ1) is 15.2. The van der Waals surface area contributed by atoms with E-state index in [0.717, 1.165) is 62.0 Å². The summed E-state index contributed by atoms with van der Waals surface area (Å²) in [7, 11) is 0. The van der Waals surface area contributed by atoms with Crippen LogP contribution in [0.2, 0.25) is 0 Å². The van der Waals surface area contributed by atoms with Gasteiger partial charge >= 0.3 is 0 Å². The molecule has 8 nitrogen and oxygen atoms in total. The molecule has 1 N–H and O–H groups in total. The van der Waals surface area contributed by atoms with Gasteiger partial charge in [0.25, 0.3) is 5.91 Å². The number of nitrogens with zero attached hydrogens (tertiary/aromatic N) is 3. The molecular formula is C23H24N4O4. The fraction of sp³-hybridized carbons (Fsp3) is 0.391. The number of amides is 1. The zero-order valence-electron chi connectivity index (χ0n) is 17.2. The van der Waals surface area contributed by atoms with Crippen LogP contribution in [-0.4, -0.2) is 63.4 Å². The predicted molar refractivity (Wildman–Crippen MR) is 115 cm³/mol. The first-order valence-corrected chi connectivity index (χ1v) is 10.6. The average molecular weight is 420 g/mol. The monoisotopic (exact) mass is 420 g/mol. The van der Waals surface area contributed by atoms with Crippen LogP contribution < -0.4 is 24.4 Å². The van der Waals surface area contributed by atoms with E-state index in [4.69, 9.17) is 14.2 Å². The van der Waals surface area contributed by atoms with Crippen LogP contribution in [0.4, 0.5) is 11.4 Å². The van der Waals surface area contributed by atoms with Crippen molar-refractivity contribution < 1.29 is 19.0 Å². The number of piperazine rings is 1. The highest BCUT2D eigenvalue weighted by Crippen LogP contribution is 2.41. The van der Waals surface area contributed by atoms with Crippen LogP contribution in [0.1, 0.15) is 11.1 Å². The van der Waals surface area contributed by atoms with Crippen molar-refractivity contribution in [2.45, 2.75) is 6.42 Å². The molecule has 0 aromatic heterocycles. The number of anilines is 2. The highest BCUT2D eigenvalue weighted by Gasteiger charge is 2.25. The molecule has 0 spiro atoms. The summed E-state index contributed by atoms with van der Waals surface area (Å²) in [4.78, 5) is 16.2. The van der Waals surface area contributed by atoms with Gasteiger partial charge in [0.1, 0.15) is 19.0 Å². The Balaban J connectivity index is 1.20. The van der Waals surface area contributed by atoms with Crippen molar-refractivity contribution in [3.63, 3.8) is 0 Å². The van der Waals surface area contributed by atoms with E-state index in [1.54, 1.807) is 6.07 Å². The molecule has 2 aromatic rings. The van der Waals surface area contributed by atoms with E-state index in [2.05, 4.69) is 27.3 Å². The van der Waals surface area contributed by atoms with E-state index < -0.39 is 0 Å². The number of hydrogen-bond donors (Lipinski definition) is 1. The van der Waals surface area contributed by atoms with Crippen LogP contribution in [0.15, 0.2) is 30.3 Å². The molecule has 3 aliphatic rings. The van der Waals surface area contributed by atoms with Crippen LogP contribution in [0.5, 0.6) is 17.2 Å². The molecule has 1 amide bonds. The summed E-state index contributed by atoms with van der Waals surface area (Å²) < 4.78 is 17.0. The largest absolute Gasteiger partial charge is 0.486 e. The van der Waals surface area contributed by atoms with Gasteiger partial charge in [-0.2, -0.15) is 5.26 Å². The second-order valence-electron chi connectivity index (χ2n) is 7.88. The lowest BCUT2D eigenvalue weighted by Gasteiger charge is -2.37. The second-order valence-corrected chi connectivity index (χ2v) is 7.88. The SMILES string of the molecule is N#Cc1cc2c(c(N3CCN(CCc4ccc5c(c4)NC(=O)CO5)CC3)c1)OCCO2. The maximum Gasteiger partial charge on any atom is 0.262 e. The number of nitriles is 1. The number of hydrogen-bond acceptors (Lipinski definition) is 7. The maximum atomic E-state index is 11.5. The van der Waals surface area contributed by atoms with Crippen LogP contribution in [0, 0.1) is 11.3 Å². The number of carbonyl (C=O) groups is 1. The Morgan fingerprint density at radius 3 is 2.68 bits per heavy atom. The van der Waals surface area contributed by atoms with Crippen molar-refractivity contribution in [2.75, 3.05) is 62.8 Å². The van der Waals surface area contributed by atoms with Gasteiger partial charge in [-0.25, -0.2) is 0 Å². The lowest BCUT2D eigenvalue weighted by Crippen LogP contribution is -2.47. The minimum Gasteiger partial charge on any atom is -0.486 e. The Hall–Kier alpha value is -3.44. The molecule has 31 heavy (non-hydrogen) atoms. The van der Waals surface area contributed by atoms with Gasteiger partial charge in [-0.05, 0) is 30.2 Å². The quantitative estimate of drug-likeness (QED) is 0.810. The fourth-order valence-corrected chi connectivity index (χ4v) is 4.22. The first-order valence-electron chi connectivity index (χ1n) is 10.6. The lowest BCUT2D eigenvalue weighted by molar-refractivity contribution is -0.118. The topological polar surface area (TPSA) is 87.1 Å². The Labute approximate surface area is 180 Å². The Kier molecular flexibility index (Phi) is 5.26. The van der Waals surface area contributed by atoms with E-state index in [0.29, 0.717) is 24.5 Å². The summed E-state index contributed by atoms with van der Waals surface area (Å²) in [5.41, 5.74) is 3.46. The van der Waals surface area contributed by atoms with Gasteiger partial charge in [0.15, 0.2) is 18.1 Å². The third-order valence-corrected chi connectivity index (χ3v) is 5.86. The van der Waals surface area contributed by atoms with Crippen molar-refractivity contribution in [1.29, 1.82) is 5.26 Å². The third kappa shape index (κ3) is 4.09. The van der Waals surface area contributed by atoms with Crippen molar-refractivity contribution >= 4 is 17.3 Å². The third-order valence-electron chi connectivity index (χ3n) is 5.86. The van der Waals surface area contributed by atoms with E-state index >= 15 is 0 Å². The van der Waals surface area contributed by atoms with Crippen LogP contribution in [0.3, 0.4) is 0 Å². The summed E-state index contributed by atoms with van der Waals surface area (Å²) in [6.07, 6.45) is 0.902. The molecule has 1 saturated heterocycles. The molecule has 1 fully saturated rings. The average Bonchev–Trinajstić information content (AvgIpc) is 2.82. The summed E-state index contributed by atoms with van der Waals surface area (Å²) in [5.74, 6) is 2.02. The Morgan fingerprint density at radius 1 is 1.00 bits per heavy atom. The zero-order valence-corrected chi connectivity index (χ0v) is 17.2. The van der Waals surface area contributed by atoms with Gasteiger partial charge in [0, 0.05) is 38.8 Å². The normalized spacial score (nSPS) is 17.9. The predicted octanol–water partition coefficient (Wildman–Crippen LogP) is 2.03. The van der Waals surface area contributed by atoms with E-state index in [1.165, 1.54) is 5.56 Å². The first kappa shape index (κ1) is 19.5. The number of benzene rings is 2. The van der Waals surface area contributed by atoms with Crippen molar-refractivity contribution in [2.24, 2.45) is 0 Å². The van der Waals surface area contributed by atoms with Crippen LogP contribution in [0.25, 0.3) is 0 Å². The summed E-state index contributed by atoms with van der Waals surface area (Å²) in [6.45, 7) is 5.63. The molecule has 3 heterocycles. The van der Waals surface area contributed by atoms with E-state index in [9.17, 15) is 10.1 Å². The molecule has 0 radical (unpaired) electrons. The van der Waals surface area contributed by atoms with E-state index in [1.807, 2.05) is 18.2 Å². The van der Waals surface area contributed by atoms with E-state index in [-0.39, 0.29) is 12.5 Å². The minimum absolute atomic E-state index is 0.0777. The van der Waals surface area contributed by atoms with Gasteiger partial charge in [0.05, 0.1) is 23.0 Å². The highest BCUT2D eigenvalue weighted by molar-refractivity contribution is 5.95. The molecule has 3 aliphatic heterocycles. The Bertz CT molecular complexity index is 1040. The van der Waals surface area contributed by atoms with Crippen LogP contribution >= 0.6 is 0 Å². The summed E-state index contributed by atoms with van der Waals surface area (Å²) in [6, 6.07) is 11.9. The molecule has 8 heteroatoms. The number of nitrogens with one attached hydrogen (secondary N) is 1. The standard InChI is InChI=1S/C23H24N4O4/c24-14-17-12-19(23-21(13-17)29-9-10-30-23)27-7-5-26(6-8-27)4-3-16-1-2-20-18(11-16)25-22(28)15-31-20/h1-2,11-13H,3-10,15H2,(H,25,28). The smallest absolute Gasteiger partial charge is 0.262 e. The molecule has 0 aliphatic carbocycles. The molecule has 0 bridgehead atoms. The molecule has 0 saturated carbocycles. The van der Waals surface area contributed by atoms with Gasteiger partial charge < -0.3 is 24.4 Å². The minimum atomic E-state index is -0.113. The number of carbonyl (C=O) groups excluding carboxylic acids is 1. The van der Waals surface area contributed by atoms with Gasteiger partial charge in [-0.15, -0.1) is 0 Å². The number of ether oxygens (including phenoxy) is 3. The van der Waals surface area contributed by atoms with Crippen molar-refractivity contribution in [3.8, 4) is 23.3 Å². The highest BCUT2D eigenvalue weighted by atomic mass is 16.6. The van der Waals surface area contributed by atoms with Crippen LogP contribution in [-0.2, 0) is 11.2 Å². The second kappa shape index (κ2) is 8.36. The Morgan fingerprint density at radius 2 is 1.84 bits per heavy atom. The van der Waals surface area contributed by atoms with Crippen molar-refractivity contribution in [3.05, 3.63) is 41.5 Å². The maximum absolute atomic E-state index is 11.5. The zero-order chi connectivity index (χ0) is 21.2. The molecule has 160 valence electrons. The van der Waals surface area contributed by atoms with Gasteiger partial charge in [-0.1, -0.05) is 6.07 Å². The summed E-state index contributed by atoms with van der Waals surface area (Å²) in [5, 5.41) is 12.2. The van der Waals surface area contributed by atoms with Crippen molar-refractivity contribution in [1.82, 2.24) is 4.90 Å². The molecule has 0 atom stereocenters. The molecule has 0 unspecified atom stereocenters. The summed E-state index contributed by atoms with van der Waals surface area (Å²) >= 11 is 0.